The molecule has 0 unspecified atom stereocenters. The zero-order valence-electron chi connectivity index (χ0n) is 26.3. The highest BCUT2D eigenvalue weighted by Crippen LogP contribution is 2.67. The van der Waals surface area contributed by atoms with Crippen LogP contribution in [0.25, 0.3) is 0 Å². The number of hydrogen-bond donors (Lipinski definition) is 1. The molecule has 1 spiro atoms. The van der Waals surface area contributed by atoms with Gasteiger partial charge in [-0.3, -0.25) is 19.1 Å². The van der Waals surface area contributed by atoms with Gasteiger partial charge < -0.3 is 19.3 Å². The number of hydrogen-bond acceptors (Lipinski definition) is 8. The molecule has 0 aromatic heterocycles. The second-order valence-electron chi connectivity index (χ2n) is 12.8. The van der Waals surface area contributed by atoms with Crippen molar-refractivity contribution in [2.75, 3.05) is 0 Å². The lowest BCUT2D eigenvalue weighted by Gasteiger charge is -2.60. The van der Waals surface area contributed by atoms with Crippen LogP contribution in [0, 0.1) is 22.7 Å². The Bertz CT molecular complexity index is 1030. The fourth-order valence-corrected chi connectivity index (χ4v) is 7.50. The lowest BCUT2D eigenvalue weighted by molar-refractivity contribution is -0.257. The lowest BCUT2D eigenvalue weighted by atomic mass is 9.45. The van der Waals surface area contributed by atoms with E-state index in [1.54, 1.807) is 12.2 Å². The maximum Gasteiger partial charge on any atom is 0.306 e. The van der Waals surface area contributed by atoms with Gasteiger partial charge in [-0.15, -0.1) is 0 Å². The van der Waals surface area contributed by atoms with Gasteiger partial charge in [-0.1, -0.05) is 84.1 Å². The zero-order valence-corrected chi connectivity index (χ0v) is 26.3. The summed E-state index contributed by atoms with van der Waals surface area (Å²) in [5.41, 5.74) is -0.106. The van der Waals surface area contributed by atoms with E-state index >= 15 is 0 Å². The van der Waals surface area contributed by atoms with Crippen molar-refractivity contribution >= 4 is 17.9 Å². The predicted molar refractivity (Wildman–Crippen MR) is 160 cm³/mol. The van der Waals surface area contributed by atoms with Crippen molar-refractivity contribution in [1.82, 2.24) is 0 Å². The SMILES string of the molecule is C=CC(=C)CC[C@]1(C)[C@H](C)C[C@H](OC(=O)CCCCCCCCC)[C@@]23C(=C[C@@H](O)C[C@@H]12)[C@@H](OC(C)=O)O[C@H]3OC(C)=O. The molecule has 1 aliphatic heterocycles. The molecule has 3 aliphatic rings. The third-order valence-electron chi connectivity index (χ3n) is 9.92. The third kappa shape index (κ3) is 7.36. The average molecular weight is 589 g/mol. The van der Waals surface area contributed by atoms with Crippen LogP contribution in [0.1, 0.15) is 112 Å². The molecule has 2 fully saturated rings. The highest BCUT2D eigenvalue weighted by molar-refractivity contribution is 5.70. The van der Waals surface area contributed by atoms with Gasteiger partial charge in [-0.05, 0) is 55.4 Å². The van der Waals surface area contributed by atoms with Crippen LogP contribution in [0.3, 0.4) is 0 Å². The van der Waals surface area contributed by atoms with Gasteiger partial charge in [0.05, 0.1) is 6.10 Å². The van der Waals surface area contributed by atoms with Crippen molar-refractivity contribution in [3.05, 3.63) is 36.5 Å². The minimum atomic E-state index is -1.17. The Morgan fingerprint density at radius 2 is 1.67 bits per heavy atom. The molecule has 8 nitrogen and oxygen atoms in total. The Kier molecular flexibility index (Phi) is 12.0. The fraction of sp³-hybridized carbons (Fsp3) is 0.735. The van der Waals surface area contributed by atoms with E-state index in [0.717, 1.165) is 31.3 Å². The van der Waals surface area contributed by atoms with Gasteiger partial charge in [-0.2, -0.15) is 0 Å². The molecule has 42 heavy (non-hydrogen) atoms. The number of rotatable bonds is 15. The number of esters is 3. The van der Waals surface area contributed by atoms with Crippen molar-refractivity contribution in [2.24, 2.45) is 22.7 Å². The summed E-state index contributed by atoms with van der Waals surface area (Å²) in [4.78, 5) is 37.9. The van der Waals surface area contributed by atoms with E-state index in [2.05, 4.69) is 33.9 Å². The highest BCUT2D eigenvalue weighted by atomic mass is 16.8. The fourth-order valence-electron chi connectivity index (χ4n) is 7.50. The Morgan fingerprint density at radius 3 is 2.29 bits per heavy atom. The van der Waals surface area contributed by atoms with Gasteiger partial charge in [0.15, 0.2) is 0 Å². The van der Waals surface area contributed by atoms with Gasteiger partial charge in [0.1, 0.15) is 11.5 Å². The zero-order chi connectivity index (χ0) is 31.1. The van der Waals surface area contributed by atoms with Crippen molar-refractivity contribution in [3.8, 4) is 0 Å². The van der Waals surface area contributed by atoms with E-state index in [9.17, 15) is 19.5 Å². The molecule has 8 heteroatoms. The molecule has 1 saturated heterocycles. The highest BCUT2D eigenvalue weighted by Gasteiger charge is 2.72. The molecular formula is C34H52O8. The Labute approximate surface area is 251 Å². The van der Waals surface area contributed by atoms with Crippen LogP contribution in [0.15, 0.2) is 36.5 Å². The first-order valence-electron chi connectivity index (χ1n) is 15.8. The third-order valence-corrected chi connectivity index (χ3v) is 9.92. The van der Waals surface area contributed by atoms with Crippen LogP contribution in [-0.2, 0) is 33.3 Å². The summed E-state index contributed by atoms with van der Waals surface area (Å²) in [5, 5.41) is 11.1. The van der Waals surface area contributed by atoms with Crippen molar-refractivity contribution in [2.45, 2.75) is 136 Å². The standard InChI is InChI=1S/C34H52O8/c1-8-10-11-12-13-14-15-16-30(38)41-29-19-23(4)33(7,18-17-22(3)9-2)28-21-26(37)20-27-31(39-24(5)35)42-32(34(27,28)29)40-25(6)36/h9,20,23,26,28-29,31-32,37H,2-3,8,10-19,21H2,1,4-7H3/t23-,26-,28+,29+,31+,32-,33-,34-/m1/s1. The van der Waals surface area contributed by atoms with Gasteiger partial charge in [0.25, 0.3) is 0 Å². The minimum Gasteiger partial charge on any atom is -0.461 e. The monoisotopic (exact) mass is 588 g/mol. The molecule has 1 saturated carbocycles. The molecule has 0 amide bonds. The molecule has 0 aromatic carbocycles. The van der Waals surface area contributed by atoms with E-state index in [0.29, 0.717) is 31.3 Å². The van der Waals surface area contributed by atoms with Crippen LogP contribution in [0.4, 0.5) is 0 Å². The summed E-state index contributed by atoms with van der Waals surface area (Å²) in [6.45, 7) is 17.1. The first kappa shape index (κ1) is 34.0. The topological polar surface area (TPSA) is 108 Å². The molecule has 2 aliphatic carbocycles. The molecule has 0 radical (unpaired) electrons. The summed E-state index contributed by atoms with van der Waals surface area (Å²) in [6, 6.07) is 0. The lowest BCUT2D eigenvalue weighted by Crippen LogP contribution is -2.63. The normalized spacial score (nSPS) is 33.5. The van der Waals surface area contributed by atoms with E-state index in [-0.39, 0.29) is 23.2 Å². The van der Waals surface area contributed by atoms with Crippen LogP contribution < -0.4 is 0 Å². The molecule has 1 heterocycles. The largest absolute Gasteiger partial charge is 0.461 e. The second-order valence-corrected chi connectivity index (χ2v) is 12.8. The average Bonchev–Trinajstić information content (AvgIpc) is 3.21. The molecule has 8 atom stereocenters. The number of ether oxygens (including phenoxy) is 4. The van der Waals surface area contributed by atoms with Crippen LogP contribution in [-0.4, -0.2) is 47.8 Å². The summed E-state index contributed by atoms with van der Waals surface area (Å²) < 4.78 is 23.9. The summed E-state index contributed by atoms with van der Waals surface area (Å²) >= 11 is 0. The maximum atomic E-state index is 13.3. The van der Waals surface area contributed by atoms with Gasteiger partial charge >= 0.3 is 17.9 Å². The van der Waals surface area contributed by atoms with Crippen LogP contribution in [0.5, 0.6) is 0 Å². The van der Waals surface area contributed by atoms with Gasteiger partial charge in [-0.25, -0.2) is 0 Å². The minimum absolute atomic E-state index is 0.0828. The molecular weight excluding hydrogens is 536 g/mol. The number of carbonyl (C=O) groups is 3. The molecule has 236 valence electrons. The van der Waals surface area contributed by atoms with Gasteiger partial charge in [0.2, 0.25) is 12.6 Å². The number of aliphatic hydroxyl groups excluding tert-OH is 1. The number of aliphatic hydroxyl groups is 1. The maximum absolute atomic E-state index is 13.3. The van der Waals surface area contributed by atoms with Gasteiger partial charge in [0, 0.05) is 25.8 Å². The van der Waals surface area contributed by atoms with E-state index in [4.69, 9.17) is 18.9 Å². The molecule has 0 aromatic rings. The van der Waals surface area contributed by atoms with Crippen molar-refractivity contribution in [3.63, 3.8) is 0 Å². The van der Waals surface area contributed by atoms with Crippen molar-refractivity contribution < 1.29 is 38.4 Å². The number of carbonyl (C=O) groups excluding carboxylic acids is 3. The van der Waals surface area contributed by atoms with Crippen LogP contribution in [0.2, 0.25) is 0 Å². The first-order valence-corrected chi connectivity index (χ1v) is 15.8. The molecule has 0 bridgehead atoms. The quantitative estimate of drug-likeness (QED) is 0.0739. The Balaban J connectivity index is 2.00. The second kappa shape index (κ2) is 14.8. The van der Waals surface area contributed by atoms with E-state index in [1.165, 1.54) is 39.5 Å². The van der Waals surface area contributed by atoms with E-state index in [1.807, 2.05) is 0 Å². The summed E-state index contributed by atoms with van der Waals surface area (Å²) in [7, 11) is 0. The number of unbranched alkanes of at least 4 members (excludes halogenated alkanes) is 6. The summed E-state index contributed by atoms with van der Waals surface area (Å²) in [5.74, 6) is -1.67. The van der Waals surface area contributed by atoms with E-state index < -0.39 is 42.1 Å². The summed E-state index contributed by atoms with van der Waals surface area (Å²) in [6.07, 6.45) is 9.69. The predicted octanol–water partition coefficient (Wildman–Crippen LogP) is 6.71. The smallest absolute Gasteiger partial charge is 0.306 e. The molecule has 1 N–H and O–H groups in total. The molecule has 3 rings (SSSR count). The Hall–Kier alpha value is -2.45. The first-order chi connectivity index (χ1) is 19.9. The van der Waals surface area contributed by atoms with Crippen molar-refractivity contribution in [1.29, 1.82) is 0 Å². The number of allylic oxidation sites excluding steroid dienone is 2. The Morgan fingerprint density at radius 1 is 1.02 bits per heavy atom. The van der Waals surface area contributed by atoms with Crippen LogP contribution >= 0.6 is 0 Å².